The SMILES string of the molecule is O=C(O)c1cc(C(=O)O)cc(-c2ccc([C@H]3[C@H](c4ccccn4)NC(=S)N3Cc3ccccc3)o2)c1. The number of carboxylic acid groups (broad SMARTS) is 2. The molecular weight excluding hydrogens is 478 g/mol. The maximum atomic E-state index is 11.6. The van der Waals surface area contributed by atoms with Crippen LogP contribution in [0.5, 0.6) is 0 Å². The number of aromatic nitrogens is 1. The van der Waals surface area contributed by atoms with E-state index in [-0.39, 0.29) is 23.2 Å². The molecule has 5 rings (SSSR count). The normalized spacial score (nSPS) is 17.1. The fourth-order valence-corrected chi connectivity index (χ4v) is 4.65. The Bertz CT molecular complexity index is 1410. The van der Waals surface area contributed by atoms with Gasteiger partial charge in [-0.05, 0) is 60.2 Å². The predicted octanol–water partition coefficient (Wildman–Crippen LogP) is 4.91. The predicted molar refractivity (Wildman–Crippen MR) is 136 cm³/mol. The van der Waals surface area contributed by atoms with Crippen LogP contribution < -0.4 is 5.32 Å². The average molecular weight is 500 g/mol. The Morgan fingerprint density at radius 3 is 2.28 bits per heavy atom. The Labute approximate surface area is 211 Å². The highest BCUT2D eigenvalue weighted by atomic mass is 32.1. The minimum Gasteiger partial charge on any atom is -0.478 e. The molecule has 3 heterocycles. The van der Waals surface area contributed by atoms with Crippen LogP contribution in [-0.2, 0) is 6.54 Å². The van der Waals surface area contributed by atoms with E-state index in [0.29, 0.717) is 28.7 Å². The van der Waals surface area contributed by atoms with E-state index in [1.54, 1.807) is 18.3 Å². The van der Waals surface area contributed by atoms with Crippen LogP contribution in [0.3, 0.4) is 0 Å². The number of rotatable bonds is 7. The van der Waals surface area contributed by atoms with Crippen LogP contribution in [0.4, 0.5) is 0 Å². The van der Waals surface area contributed by atoms with Crippen molar-refractivity contribution in [3.05, 3.63) is 113 Å². The molecule has 1 fully saturated rings. The van der Waals surface area contributed by atoms with Crippen LogP contribution in [0, 0.1) is 0 Å². The highest BCUT2D eigenvalue weighted by Crippen LogP contribution is 2.41. The number of nitrogens with zero attached hydrogens (tertiary/aromatic N) is 2. The van der Waals surface area contributed by atoms with Gasteiger partial charge in [-0.3, -0.25) is 4.98 Å². The zero-order valence-corrected chi connectivity index (χ0v) is 19.7. The molecule has 9 heteroatoms. The number of pyridine rings is 1. The van der Waals surface area contributed by atoms with Gasteiger partial charge in [-0.2, -0.15) is 0 Å². The van der Waals surface area contributed by atoms with Gasteiger partial charge in [-0.15, -0.1) is 0 Å². The molecule has 36 heavy (non-hydrogen) atoms. The highest BCUT2D eigenvalue weighted by molar-refractivity contribution is 7.80. The molecule has 1 saturated heterocycles. The van der Waals surface area contributed by atoms with E-state index in [1.165, 1.54) is 12.1 Å². The lowest BCUT2D eigenvalue weighted by Crippen LogP contribution is -2.29. The second kappa shape index (κ2) is 9.63. The Morgan fingerprint density at radius 2 is 1.64 bits per heavy atom. The van der Waals surface area contributed by atoms with Crippen LogP contribution >= 0.6 is 12.2 Å². The lowest BCUT2D eigenvalue weighted by atomic mass is 10.0. The lowest BCUT2D eigenvalue weighted by Gasteiger charge is -2.26. The summed E-state index contributed by atoms with van der Waals surface area (Å²) in [4.78, 5) is 29.7. The van der Waals surface area contributed by atoms with Gasteiger partial charge in [0, 0.05) is 18.3 Å². The summed E-state index contributed by atoms with van der Waals surface area (Å²) in [7, 11) is 0. The maximum Gasteiger partial charge on any atom is 0.335 e. The van der Waals surface area contributed by atoms with Crippen LogP contribution in [0.25, 0.3) is 11.3 Å². The summed E-state index contributed by atoms with van der Waals surface area (Å²) in [5, 5.41) is 22.8. The molecule has 180 valence electrons. The standard InChI is InChI=1S/C27H21N3O5S/c31-25(32)18-12-17(13-19(14-18)26(33)34)21-9-10-22(35-21)24-23(20-8-4-5-11-28-20)29-27(36)30(24)15-16-6-2-1-3-7-16/h1-14,23-24H,15H2,(H,29,36)(H,31,32)(H,33,34)/t23-,24-/m0/s1. The number of hydrogen-bond acceptors (Lipinski definition) is 5. The molecule has 0 saturated carbocycles. The summed E-state index contributed by atoms with van der Waals surface area (Å²) in [6.07, 6.45) is 1.72. The van der Waals surface area contributed by atoms with Gasteiger partial charge in [0.2, 0.25) is 0 Å². The van der Waals surface area contributed by atoms with Gasteiger partial charge >= 0.3 is 11.9 Å². The summed E-state index contributed by atoms with van der Waals surface area (Å²) in [5.74, 6) is -1.50. The van der Waals surface area contributed by atoms with E-state index in [9.17, 15) is 19.8 Å². The molecule has 4 aromatic rings. The topological polar surface area (TPSA) is 116 Å². The van der Waals surface area contributed by atoms with Gasteiger partial charge in [0.05, 0.1) is 22.9 Å². The van der Waals surface area contributed by atoms with Crippen LogP contribution in [0.1, 0.15) is 49.8 Å². The quantitative estimate of drug-likeness (QED) is 0.305. The largest absolute Gasteiger partial charge is 0.478 e. The third-order valence-electron chi connectivity index (χ3n) is 6.02. The van der Waals surface area contributed by atoms with Crippen molar-refractivity contribution in [1.29, 1.82) is 0 Å². The van der Waals surface area contributed by atoms with Crippen molar-refractivity contribution >= 4 is 29.3 Å². The van der Waals surface area contributed by atoms with Crippen LogP contribution in [-0.4, -0.2) is 37.1 Å². The van der Waals surface area contributed by atoms with E-state index in [2.05, 4.69) is 10.3 Å². The average Bonchev–Trinajstić information content (AvgIpc) is 3.50. The number of nitrogens with one attached hydrogen (secondary N) is 1. The summed E-state index contributed by atoms with van der Waals surface area (Å²) in [5.41, 5.74) is 1.95. The first-order chi connectivity index (χ1) is 17.4. The number of aromatic carboxylic acids is 2. The summed E-state index contributed by atoms with van der Waals surface area (Å²) >= 11 is 5.70. The van der Waals surface area contributed by atoms with E-state index in [4.69, 9.17) is 16.6 Å². The molecule has 3 N–H and O–H groups in total. The molecule has 0 spiro atoms. The fraction of sp³-hybridized carbons (Fsp3) is 0.111. The van der Waals surface area contributed by atoms with E-state index in [0.717, 1.165) is 17.3 Å². The Kier molecular flexibility index (Phi) is 6.22. The maximum absolute atomic E-state index is 11.6. The number of benzene rings is 2. The zero-order valence-electron chi connectivity index (χ0n) is 18.9. The Balaban J connectivity index is 1.56. The molecular formula is C27H21N3O5S. The third kappa shape index (κ3) is 4.56. The smallest absolute Gasteiger partial charge is 0.335 e. The van der Waals surface area contributed by atoms with Crippen LogP contribution in [0.15, 0.2) is 89.5 Å². The first-order valence-electron chi connectivity index (χ1n) is 11.1. The van der Waals surface area contributed by atoms with E-state index >= 15 is 0 Å². The molecule has 2 atom stereocenters. The molecule has 0 aliphatic carbocycles. The van der Waals surface area contributed by atoms with Crippen molar-refractivity contribution in [1.82, 2.24) is 15.2 Å². The van der Waals surface area contributed by atoms with E-state index in [1.807, 2.05) is 53.4 Å². The monoisotopic (exact) mass is 499 g/mol. The van der Waals surface area contributed by atoms with Crippen LogP contribution in [0.2, 0.25) is 0 Å². The molecule has 1 aliphatic rings. The Morgan fingerprint density at radius 1 is 0.944 bits per heavy atom. The highest BCUT2D eigenvalue weighted by Gasteiger charge is 2.41. The van der Waals surface area contributed by atoms with Gasteiger partial charge in [-0.1, -0.05) is 36.4 Å². The summed E-state index contributed by atoms with van der Waals surface area (Å²) < 4.78 is 6.24. The third-order valence-corrected chi connectivity index (χ3v) is 6.38. The van der Waals surface area contributed by atoms with E-state index < -0.39 is 11.9 Å². The first-order valence-corrected chi connectivity index (χ1v) is 11.6. The Hall–Kier alpha value is -4.50. The number of thiocarbonyl (C=S) groups is 1. The lowest BCUT2D eigenvalue weighted by molar-refractivity contribution is 0.0696. The molecule has 0 amide bonds. The number of carbonyl (C=O) groups is 2. The molecule has 2 aromatic heterocycles. The van der Waals surface area contributed by atoms with Gasteiger partial charge < -0.3 is 24.8 Å². The summed E-state index contributed by atoms with van der Waals surface area (Å²) in [6, 6.07) is 22.4. The minimum atomic E-state index is -1.22. The van der Waals surface area contributed by atoms with Crippen molar-refractivity contribution in [3.63, 3.8) is 0 Å². The van der Waals surface area contributed by atoms with Gasteiger partial charge in [0.25, 0.3) is 0 Å². The van der Waals surface area contributed by atoms with Crippen molar-refractivity contribution in [2.45, 2.75) is 18.6 Å². The molecule has 8 nitrogen and oxygen atoms in total. The molecule has 1 aliphatic heterocycles. The fourth-order valence-electron chi connectivity index (χ4n) is 4.35. The molecule has 0 radical (unpaired) electrons. The van der Waals surface area contributed by atoms with Gasteiger partial charge in [-0.25, -0.2) is 9.59 Å². The molecule has 0 unspecified atom stereocenters. The van der Waals surface area contributed by atoms with Crippen molar-refractivity contribution in [2.75, 3.05) is 0 Å². The summed E-state index contributed by atoms with van der Waals surface area (Å²) in [6.45, 7) is 0.536. The molecule has 2 aromatic carbocycles. The number of carboxylic acids is 2. The van der Waals surface area contributed by atoms with Crippen molar-refractivity contribution in [3.8, 4) is 11.3 Å². The first kappa shape index (κ1) is 23.3. The van der Waals surface area contributed by atoms with Crippen molar-refractivity contribution < 1.29 is 24.2 Å². The van der Waals surface area contributed by atoms with Gasteiger partial charge in [0.15, 0.2) is 5.11 Å². The second-order valence-electron chi connectivity index (χ2n) is 8.35. The minimum absolute atomic E-state index is 0.136. The number of hydrogen-bond donors (Lipinski definition) is 3. The van der Waals surface area contributed by atoms with Gasteiger partial charge in [0.1, 0.15) is 17.6 Å². The second-order valence-corrected chi connectivity index (χ2v) is 8.74. The zero-order chi connectivity index (χ0) is 25.2. The molecule has 0 bridgehead atoms. The van der Waals surface area contributed by atoms with Crippen molar-refractivity contribution in [2.24, 2.45) is 0 Å². The number of furan rings is 1.